The van der Waals surface area contributed by atoms with E-state index in [0.717, 1.165) is 62.5 Å². The van der Waals surface area contributed by atoms with E-state index in [1.54, 1.807) is 0 Å². The van der Waals surface area contributed by atoms with Crippen molar-refractivity contribution in [3.8, 4) is 0 Å². The van der Waals surface area contributed by atoms with E-state index in [1.807, 2.05) is 23.9 Å². The van der Waals surface area contributed by atoms with Crippen molar-refractivity contribution in [1.29, 1.82) is 0 Å². The third-order valence-electron chi connectivity index (χ3n) is 4.50. The predicted molar refractivity (Wildman–Crippen MR) is 130 cm³/mol. The first kappa shape index (κ1) is 24.8. The molecule has 1 aliphatic rings. The van der Waals surface area contributed by atoms with Gasteiger partial charge in [-0.25, -0.2) is 0 Å². The van der Waals surface area contributed by atoms with Gasteiger partial charge in [-0.1, -0.05) is 11.6 Å². The van der Waals surface area contributed by atoms with Crippen molar-refractivity contribution in [2.24, 2.45) is 4.99 Å². The Kier molecular flexibility index (Phi) is 12.8. The molecule has 1 heterocycles. The van der Waals surface area contributed by atoms with E-state index in [0.29, 0.717) is 6.04 Å². The minimum atomic E-state index is 0. The maximum absolute atomic E-state index is 5.92. The molecule has 8 heteroatoms. The molecule has 5 nitrogen and oxygen atoms in total. The Hall–Kier alpha value is -0.220. The molecule has 0 aromatic heterocycles. The highest BCUT2D eigenvalue weighted by molar-refractivity contribution is 14.0. The van der Waals surface area contributed by atoms with Gasteiger partial charge in [0.1, 0.15) is 0 Å². The number of rotatable bonds is 8. The Bertz CT molecular complexity index is 550. The highest BCUT2D eigenvalue weighted by Gasteiger charge is 2.18. The van der Waals surface area contributed by atoms with Crippen molar-refractivity contribution >= 4 is 53.3 Å². The molecular weight excluding hydrogens is 493 g/mol. The molecule has 1 aromatic carbocycles. The maximum atomic E-state index is 5.92. The van der Waals surface area contributed by atoms with Gasteiger partial charge in [-0.15, -0.1) is 35.7 Å². The Morgan fingerprint density at radius 3 is 2.48 bits per heavy atom. The fourth-order valence-electron chi connectivity index (χ4n) is 2.81. The number of benzene rings is 1. The second-order valence-corrected chi connectivity index (χ2v) is 8.24. The van der Waals surface area contributed by atoms with Gasteiger partial charge in [0.2, 0.25) is 0 Å². The Labute approximate surface area is 190 Å². The first-order chi connectivity index (χ1) is 12.6. The van der Waals surface area contributed by atoms with Crippen molar-refractivity contribution < 1.29 is 0 Å². The minimum absolute atomic E-state index is 0. The summed E-state index contributed by atoms with van der Waals surface area (Å²) in [6.07, 6.45) is 0. The minimum Gasteiger partial charge on any atom is -0.357 e. The number of piperazine rings is 1. The van der Waals surface area contributed by atoms with Gasteiger partial charge in [-0.05, 0) is 45.2 Å². The average molecular weight is 526 g/mol. The van der Waals surface area contributed by atoms with Crippen molar-refractivity contribution in [1.82, 2.24) is 20.4 Å². The van der Waals surface area contributed by atoms with Crippen LogP contribution in [0.1, 0.15) is 13.8 Å². The highest BCUT2D eigenvalue weighted by atomic mass is 127. The van der Waals surface area contributed by atoms with Crippen LogP contribution in [0.15, 0.2) is 34.2 Å². The molecule has 0 aliphatic carbocycles. The second kappa shape index (κ2) is 13.9. The molecule has 0 radical (unpaired) electrons. The van der Waals surface area contributed by atoms with E-state index in [-0.39, 0.29) is 24.0 Å². The van der Waals surface area contributed by atoms with Crippen LogP contribution in [0.5, 0.6) is 0 Å². The van der Waals surface area contributed by atoms with Crippen LogP contribution in [0.2, 0.25) is 5.02 Å². The molecule has 0 bridgehead atoms. The van der Waals surface area contributed by atoms with E-state index in [9.17, 15) is 0 Å². The summed E-state index contributed by atoms with van der Waals surface area (Å²) in [6.45, 7) is 11.5. The van der Waals surface area contributed by atoms with Gasteiger partial charge in [0.25, 0.3) is 0 Å². The number of guanidine groups is 1. The molecule has 1 fully saturated rings. The van der Waals surface area contributed by atoms with Gasteiger partial charge in [0.05, 0.1) is 6.54 Å². The van der Waals surface area contributed by atoms with E-state index >= 15 is 0 Å². The van der Waals surface area contributed by atoms with Gasteiger partial charge in [0.15, 0.2) is 5.96 Å². The standard InChI is InChI=1S/C19H32ClN5S.HI/c1-4-21-19(22-9-14-26-18-7-5-17(20)6-8-18)23-15-16(2)25-12-10-24(3)11-13-25;/h5-8,16H,4,9-15H2,1-3H3,(H2,21,22,23);1H. The molecule has 2 rings (SSSR count). The number of nitrogens with zero attached hydrogens (tertiary/aromatic N) is 3. The van der Waals surface area contributed by atoms with Crippen LogP contribution in [-0.4, -0.2) is 80.4 Å². The maximum Gasteiger partial charge on any atom is 0.191 e. The fraction of sp³-hybridized carbons (Fsp3) is 0.632. The van der Waals surface area contributed by atoms with Gasteiger partial charge in [-0.3, -0.25) is 9.89 Å². The number of hydrogen-bond acceptors (Lipinski definition) is 4. The Morgan fingerprint density at radius 2 is 1.85 bits per heavy atom. The fourth-order valence-corrected chi connectivity index (χ4v) is 3.71. The Balaban J connectivity index is 0.00000364. The number of hydrogen-bond donors (Lipinski definition) is 2. The largest absolute Gasteiger partial charge is 0.357 e. The summed E-state index contributed by atoms with van der Waals surface area (Å²) in [4.78, 5) is 10.9. The topological polar surface area (TPSA) is 42.9 Å². The van der Waals surface area contributed by atoms with E-state index in [1.165, 1.54) is 4.90 Å². The van der Waals surface area contributed by atoms with E-state index in [4.69, 9.17) is 16.6 Å². The van der Waals surface area contributed by atoms with Crippen LogP contribution in [-0.2, 0) is 0 Å². The molecule has 1 aliphatic heterocycles. The molecule has 1 unspecified atom stereocenters. The first-order valence-corrected chi connectivity index (χ1v) is 10.8. The van der Waals surface area contributed by atoms with E-state index < -0.39 is 0 Å². The van der Waals surface area contributed by atoms with Crippen LogP contribution in [0.3, 0.4) is 0 Å². The lowest BCUT2D eigenvalue weighted by Gasteiger charge is -2.35. The molecule has 2 N–H and O–H groups in total. The molecule has 27 heavy (non-hydrogen) atoms. The van der Waals surface area contributed by atoms with Crippen molar-refractivity contribution in [2.45, 2.75) is 24.8 Å². The summed E-state index contributed by atoms with van der Waals surface area (Å²) in [5, 5.41) is 7.55. The SMILES string of the molecule is CCNC(=NCC(C)N1CCN(C)CC1)NCCSc1ccc(Cl)cc1.I. The first-order valence-electron chi connectivity index (χ1n) is 9.41. The van der Waals surface area contributed by atoms with Crippen LogP contribution in [0.25, 0.3) is 0 Å². The third kappa shape index (κ3) is 9.69. The van der Waals surface area contributed by atoms with E-state index in [2.05, 4.69) is 53.5 Å². The van der Waals surface area contributed by atoms with Crippen LogP contribution in [0, 0.1) is 0 Å². The quantitative estimate of drug-likeness (QED) is 0.179. The lowest BCUT2D eigenvalue weighted by molar-refractivity contribution is 0.122. The summed E-state index contributed by atoms with van der Waals surface area (Å²) in [6, 6.07) is 8.46. The smallest absolute Gasteiger partial charge is 0.191 e. The van der Waals surface area contributed by atoms with Crippen molar-refractivity contribution in [2.75, 3.05) is 58.6 Å². The van der Waals surface area contributed by atoms with Gasteiger partial charge < -0.3 is 15.5 Å². The number of aliphatic imine (C=N–C) groups is 1. The molecular formula is C19H33ClIN5S. The number of nitrogens with one attached hydrogen (secondary N) is 2. The second-order valence-electron chi connectivity index (χ2n) is 6.64. The molecule has 154 valence electrons. The lowest BCUT2D eigenvalue weighted by Crippen LogP contribution is -2.49. The molecule has 0 amide bonds. The highest BCUT2D eigenvalue weighted by Crippen LogP contribution is 2.19. The summed E-state index contributed by atoms with van der Waals surface area (Å²) in [7, 11) is 2.19. The predicted octanol–water partition coefficient (Wildman–Crippen LogP) is 3.24. The zero-order chi connectivity index (χ0) is 18.8. The Morgan fingerprint density at radius 1 is 1.19 bits per heavy atom. The van der Waals surface area contributed by atoms with Crippen LogP contribution >= 0.6 is 47.3 Å². The van der Waals surface area contributed by atoms with Crippen LogP contribution in [0.4, 0.5) is 0 Å². The molecule has 1 saturated heterocycles. The monoisotopic (exact) mass is 525 g/mol. The van der Waals surface area contributed by atoms with Gasteiger partial charge >= 0.3 is 0 Å². The van der Waals surface area contributed by atoms with Crippen molar-refractivity contribution in [3.05, 3.63) is 29.3 Å². The summed E-state index contributed by atoms with van der Waals surface area (Å²) >= 11 is 7.74. The molecule has 1 atom stereocenters. The molecule has 1 aromatic rings. The number of likely N-dealkylation sites (N-methyl/N-ethyl adjacent to an activating group) is 1. The summed E-state index contributed by atoms with van der Waals surface area (Å²) < 4.78 is 0. The number of halogens is 2. The number of thioether (sulfide) groups is 1. The average Bonchev–Trinajstić information content (AvgIpc) is 2.65. The van der Waals surface area contributed by atoms with Gasteiger partial charge in [-0.2, -0.15) is 0 Å². The molecule has 0 saturated carbocycles. The van der Waals surface area contributed by atoms with Gasteiger partial charge in [0, 0.05) is 61.0 Å². The summed E-state index contributed by atoms with van der Waals surface area (Å²) in [5.74, 6) is 1.89. The summed E-state index contributed by atoms with van der Waals surface area (Å²) in [5.41, 5.74) is 0. The van der Waals surface area contributed by atoms with Crippen LogP contribution < -0.4 is 10.6 Å². The van der Waals surface area contributed by atoms with Crippen molar-refractivity contribution in [3.63, 3.8) is 0 Å². The normalized spacial score (nSPS) is 17.3. The lowest BCUT2D eigenvalue weighted by atomic mass is 10.2. The molecule has 0 spiro atoms. The zero-order valence-electron chi connectivity index (χ0n) is 16.6. The zero-order valence-corrected chi connectivity index (χ0v) is 20.5. The third-order valence-corrected chi connectivity index (χ3v) is 5.76.